The topological polar surface area (TPSA) is 0 Å². The van der Waals surface area contributed by atoms with Gasteiger partial charge in [0.1, 0.15) is 0 Å². The minimum Gasteiger partial charge on any atom is -0.103 e. The molecule has 1 aromatic carbocycles. The zero-order chi connectivity index (χ0) is 18.0. The van der Waals surface area contributed by atoms with Gasteiger partial charge in [-0.15, -0.1) is 6.58 Å². The van der Waals surface area contributed by atoms with Crippen LogP contribution in [0.25, 0.3) is 0 Å². The molecule has 0 heteroatoms. The Morgan fingerprint density at radius 2 is 1.92 bits per heavy atom. The van der Waals surface area contributed by atoms with Crippen LogP contribution in [0, 0.1) is 18.3 Å². The summed E-state index contributed by atoms with van der Waals surface area (Å²) in [6.45, 7) is 17.3. The molecule has 1 aromatic rings. The molecular formula is C24H36. The van der Waals surface area contributed by atoms with Crippen LogP contribution in [-0.2, 0) is 6.42 Å². The first-order valence-electron chi connectivity index (χ1n) is 9.46. The molecular weight excluding hydrogens is 288 g/mol. The SMILES string of the molecule is C=CCCC(C)C(C=CCc1ccc(C)cc1)(CCCC)C(=C)C. The second kappa shape index (κ2) is 10.3. The number of hydrogen-bond donors (Lipinski definition) is 0. The van der Waals surface area contributed by atoms with Crippen LogP contribution < -0.4 is 0 Å². The number of allylic oxidation sites excluding steroid dienone is 4. The minimum atomic E-state index is 0.115. The van der Waals surface area contributed by atoms with E-state index in [1.807, 2.05) is 6.08 Å². The zero-order valence-electron chi connectivity index (χ0n) is 16.3. The highest BCUT2D eigenvalue weighted by atomic mass is 14.4. The Morgan fingerprint density at radius 1 is 1.25 bits per heavy atom. The van der Waals surface area contributed by atoms with Crippen molar-refractivity contribution in [1.29, 1.82) is 0 Å². The third-order valence-electron chi connectivity index (χ3n) is 5.31. The van der Waals surface area contributed by atoms with Gasteiger partial charge < -0.3 is 0 Å². The van der Waals surface area contributed by atoms with E-state index in [0.717, 1.165) is 12.8 Å². The Hall–Kier alpha value is -1.56. The molecule has 0 aliphatic rings. The maximum atomic E-state index is 4.37. The number of unbranched alkanes of at least 4 members (excludes halogenated alkanes) is 1. The van der Waals surface area contributed by atoms with Gasteiger partial charge in [-0.3, -0.25) is 0 Å². The molecule has 0 heterocycles. The van der Waals surface area contributed by atoms with Crippen molar-refractivity contribution in [3.63, 3.8) is 0 Å². The van der Waals surface area contributed by atoms with Crippen molar-refractivity contribution in [3.05, 3.63) is 72.4 Å². The summed E-state index contributed by atoms with van der Waals surface area (Å²) in [5.74, 6) is 0.591. The Balaban J connectivity index is 2.96. The van der Waals surface area contributed by atoms with Gasteiger partial charge in [0.2, 0.25) is 0 Å². The lowest BCUT2D eigenvalue weighted by Gasteiger charge is -2.38. The Bertz CT molecular complexity index is 532. The monoisotopic (exact) mass is 324 g/mol. The first kappa shape index (κ1) is 20.5. The van der Waals surface area contributed by atoms with Crippen molar-refractivity contribution in [3.8, 4) is 0 Å². The van der Waals surface area contributed by atoms with E-state index in [1.54, 1.807) is 0 Å². The van der Waals surface area contributed by atoms with Gasteiger partial charge in [0.15, 0.2) is 0 Å². The van der Waals surface area contributed by atoms with Gasteiger partial charge in [-0.05, 0) is 51.0 Å². The van der Waals surface area contributed by atoms with Crippen molar-refractivity contribution in [2.24, 2.45) is 11.3 Å². The van der Waals surface area contributed by atoms with Crippen LogP contribution >= 0.6 is 0 Å². The molecule has 0 N–H and O–H groups in total. The van der Waals surface area contributed by atoms with Gasteiger partial charge in [-0.1, -0.05) is 86.9 Å². The fraction of sp³-hybridized carbons (Fsp3) is 0.500. The summed E-state index contributed by atoms with van der Waals surface area (Å²) in [4.78, 5) is 0. The fourth-order valence-electron chi connectivity index (χ4n) is 3.49. The molecule has 2 unspecified atom stereocenters. The molecule has 0 saturated carbocycles. The normalized spacial score (nSPS) is 15.2. The molecule has 0 fully saturated rings. The molecule has 0 saturated heterocycles. The van der Waals surface area contributed by atoms with Crippen molar-refractivity contribution >= 4 is 0 Å². The number of rotatable bonds is 11. The highest BCUT2D eigenvalue weighted by Gasteiger charge is 2.33. The summed E-state index contributed by atoms with van der Waals surface area (Å²) in [6.07, 6.45) is 13.8. The highest BCUT2D eigenvalue weighted by Crippen LogP contribution is 2.43. The van der Waals surface area contributed by atoms with E-state index < -0.39 is 0 Å². The van der Waals surface area contributed by atoms with E-state index in [0.29, 0.717) is 5.92 Å². The Morgan fingerprint density at radius 3 is 2.46 bits per heavy atom. The van der Waals surface area contributed by atoms with Gasteiger partial charge in [0, 0.05) is 5.41 Å². The summed E-state index contributed by atoms with van der Waals surface area (Å²) in [7, 11) is 0. The molecule has 24 heavy (non-hydrogen) atoms. The molecule has 0 aromatic heterocycles. The van der Waals surface area contributed by atoms with Crippen molar-refractivity contribution < 1.29 is 0 Å². The second-order valence-corrected chi connectivity index (χ2v) is 7.28. The third kappa shape index (κ3) is 5.82. The molecule has 0 amide bonds. The summed E-state index contributed by atoms with van der Waals surface area (Å²) < 4.78 is 0. The average molecular weight is 325 g/mol. The molecule has 0 nitrogen and oxygen atoms in total. The van der Waals surface area contributed by atoms with E-state index in [-0.39, 0.29) is 5.41 Å². The lowest BCUT2D eigenvalue weighted by molar-refractivity contribution is 0.259. The van der Waals surface area contributed by atoms with Crippen LogP contribution in [0.5, 0.6) is 0 Å². The van der Waals surface area contributed by atoms with Crippen LogP contribution in [0.15, 0.2) is 61.2 Å². The largest absolute Gasteiger partial charge is 0.103 e. The lowest BCUT2D eigenvalue weighted by Crippen LogP contribution is -2.28. The molecule has 0 aliphatic heterocycles. The summed E-state index contributed by atoms with van der Waals surface area (Å²) >= 11 is 0. The first-order valence-corrected chi connectivity index (χ1v) is 9.46. The van der Waals surface area contributed by atoms with Crippen molar-refractivity contribution in [2.45, 2.75) is 66.2 Å². The van der Waals surface area contributed by atoms with Crippen LogP contribution in [-0.4, -0.2) is 0 Å². The first-order chi connectivity index (χ1) is 11.5. The van der Waals surface area contributed by atoms with Crippen molar-refractivity contribution in [2.75, 3.05) is 0 Å². The van der Waals surface area contributed by atoms with E-state index in [2.05, 4.69) is 77.3 Å². The van der Waals surface area contributed by atoms with Crippen molar-refractivity contribution in [1.82, 2.24) is 0 Å². The molecule has 2 atom stereocenters. The quantitative estimate of drug-likeness (QED) is 0.371. The fourth-order valence-corrected chi connectivity index (χ4v) is 3.49. The van der Waals surface area contributed by atoms with E-state index in [1.165, 1.54) is 42.4 Å². The predicted octanol–water partition coefficient (Wildman–Crippen LogP) is 7.45. The molecule has 1 rings (SSSR count). The molecule has 132 valence electrons. The standard InChI is InChI=1S/C24H36/c1-7-9-12-22(6)24(20(3)4,18-10-8-2)19-11-13-23-16-14-21(5)15-17-23/h7,11,14-17,19,22H,1,3,8-10,12-13,18H2,2,4-6H3. The maximum Gasteiger partial charge on any atom is 0.0111 e. The van der Waals surface area contributed by atoms with E-state index in [9.17, 15) is 0 Å². The summed E-state index contributed by atoms with van der Waals surface area (Å²) in [5.41, 5.74) is 4.11. The summed E-state index contributed by atoms with van der Waals surface area (Å²) in [6, 6.07) is 8.85. The predicted molar refractivity (Wildman–Crippen MR) is 109 cm³/mol. The minimum absolute atomic E-state index is 0.115. The van der Waals surface area contributed by atoms with Gasteiger partial charge in [-0.25, -0.2) is 0 Å². The average Bonchev–Trinajstić information content (AvgIpc) is 2.57. The van der Waals surface area contributed by atoms with Gasteiger partial charge >= 0.3 is 0 Å². The highest BCUT2D eigenvalue weighted by molar-refractivity contribution is 5.25. The van der Waals surface area contributed by atoms with E-state index in [4.69, 9.17) is 0 Å². The Kier molecular flexibility index (Phi) is 8.82. The van der Waals surface area contributed by atoms with Crippen LogP contribution in [0.4, 0.5) is 0 Å². The number of hydrogen-bond acceptors (Lipinski definition) is 0. The molecule has 0 bridgehead atoms. The van der Waals surface area contributed by atoms with Gasteiger partial charge in [0.25, 0.3) is 0 Å². The molecule has 0 spiro atoms. The van der Waals surface area contributed by atoms with Crippen LogP contribution in [0.1, 0.15) is 64.0 Å². The lowest BCUT2D eigenvalue weighted by atomic mass is 9.66. The second-order valence-electron chi connectivity index (χ2n) is 7.28. The van der Waals surface area contributed by atoms with E-state index >= 15 is 0 Å². The van der Waals surface area contributed by atoms with Gasteiger partial charge in [0.05, 0.1) is 0 Å². The smallest absolute Gasteiger partial charge is 0.0111 e. The summed E-state index contributed by atoms with van der Waals surface area (Å²) in [5, 5.41) is 0. The zero-order valence-corrected chi connectivity index (χ0v) is 16.3. The van der Waals surface area contributed by atoms with Crippen LogP contribution in [0.2, 0.25) is 0 Å². The van der Waals surface area contributed by atoms with Crippen LogP contribution in [0.3, 0.4) is 0 Å². The Labute approximate surface area is 150 Å². The number of aryl methyl sites for hydroxylation is 1. The maximum absolute atomic E-state index is 4.37. The van der Waals surface area contributed by atoms with Gasteiger partial charge in [-0.2, -0.15) is 0 Å². The number of benzene rings is 1. The molecule has 0 radical (unpaired) electrons. The third-order valence-corrected chi connectivity index (χ3v) is 5.31. The molecule has 0 aliphatic carbocycles.